The number of carbonyl (C=O) groups excluding carboxylic acids is 2. The molecular formula is C22H26N2O3. The molecule has 0 aromatic heterocycles. The summed E-state index contributed by atoms with van der Waals surface area (Å²) in [7, 11) is 0. The number of likely N-dealkylation sites (tertiary alicyclic amines) is 1. The molecule has 5 heteroatoms. The van der Waals surface area contributed by atoms with Crippen molar-refractivity contribution in [1.82, 2.24) is 4.90 Å². The third kappa shape index (κ3) is 4.48. The molecule has 0 radical (unpaired) electrons. The van der Waals surface area contributed by atoms with Gasteiger partial charge in [-0.25, -0.2) is 0 Å². The summed E-state index contributed by atoms with van der Waals surface area (Å²) < 4.78 is 5.83. The Bertz CT molecular complexity index is 841. The Balaban J connectivity index is 1.71. The molecule has 2 aromatic rings. The highest BCUT2D eigenvalue weighted by molar-refractivity contribution is 6.04. The van der Waals surface area contributed by atoms with Crippen LogP contribution in [-0.2, 0) is 4.79 Å². The van der Waals surface area contributed by atoms with Gasteiger partial charge in [-0.1, -0.05) is 29.8 Å². The Hall–Kier alpha value is -2.82. The van der Waals surface area contributed by atoms with E-state index in [-0.39, 0.29) is 11.8 Å². The maximum absolute atomic E-state index is 12.7. The topological polar surface area (TPSA) is 58.6 Å². The van der Waals surface area contributed by atoms with Crippen LogP contribution in [0, 0.1) is 13.8 Å². The van der Waals surface area contributed by atoms with Gasteiger partial charge in [0, 0.05) is 13.1 Å². The number of benzene rings is 2. The van der Waals surface area contributed by atoms with Crippen LogP contribution in [0.1, 0.15) is 41.3 Å². The van der Waals surface area contributed by atoms with Crippen LogP contribution < -0.4 is 10.1 Å². The zero-order chi connectivity index (χ0) is 19.4. The van der Waals surface area contributed by atoms with Gasteiger partial charge in [0.05, 0.1) is 11.3 Å². The van der Waals surface area contributed by atoms with Gasteiger partial charge in [0.1, 0.15) is 5.75 Å². The predicted molar refractivity (Wildman–Crippen MR) is 106 cm³/mol. The van der Waals surface area contributed by atoms with Gasteiger partial charge in [-0.15, -0.1) is 0 Å². The molecule has 1 atom stereocenters. The fourth-order valence-electron chi connectivity index (χ4n) is 3.28. The van der Waals surface area contributed by atoms with Crippen LogP contribution in [-0.4, -0.2) is 35.9 Å². The van der Waals surface area contributed by atoms with Gasteiger partial charge in [-0.2, -0.15) is 0 Å². The lowest BCUT2D eigenvalue weighted by Gasteiger charge is -2.20. The fraction of sp³-hybridized carbons (Fsp3) is 0.364. The maximum Gasteiger partial charge on any atom is 0.265 e. The molecule has 0 saturated carbocycles. The van der Waals surface area contributed by atoms with Gasteiger partial charge < -0.3 is 15.0 Å². The van der Waals surface area contributed by atoms with Crippen LogP contribution >= 0.6 is 0 Å². The van der Waals surface area contributed by atoms with E-state index in [9.17, 15) is 9.59 Å². The van der Waals surface area contributed by atoms with Crippen molar-refractivity contribution >= 4 is 17.5 Å². The summed E-state index contributed by atoms with van der Waals surface area (Å²) in [5, 5.41) is 2.85. The molecule has 2 amide bonds. The largest absolute Gasteiger partial charge is 0.481 e. The summed E-state index contributed by atoms with van der Waals surface area (Å²) in [6.07, 6.45) is 1.38. The van der Waals surface area contributed by atoms with Crippen LogP contribution in [0.3, 0.4) is 0 Å². The van der Waals surface area contributed by atoms with Crippen LogP contribution in [0.15, 0.2) is 42.5 Å². The third-order valence-electron chi connectivity index (χ3n) is 4.81. The smallest absolute Gasteiger partial charge is 0.265 e. The van der Waals surface area contributed by atoms with Gasteiger partial charge in [0.15, 0.2) is 6.10 Å². The summed E-state index contributed by atoms with van der Waals surface area (Å²) in [4.78, 5) is 27.2. The number of amides is 2. The highest BCUT2D eigenvalue weighted by Crippen LogP contribution is 2.22. The van der Waals surface area contributed by atoms with Crippen LogP contribution in [0.4, 0.5) is 5.69 Å². The van der Waals surface area contributed by atoms with Crippen LogP contribution in [0.5, 0.6) is 5.75 Å². The second kappa shape index (κ2) is 8.25. The highest BCUT2D eigenvalue weighted by atomic mass is 16.5. The maximum atomic E-state index is 12.7. The van der Waals surface area contributed by atoms with E-state index in [0.717, 1.165) is 37.1 Å². The van der Waals surface area contributed by atoms with Crippen molar-refractivity contribution in [2.75, 3.05) is 18.4 Å². The molecule has 0 spiro atoms. The van der Waals surface area contributed by atoms with E-state index in [2.05, 4.69) is 5.32 Å². The minimum atomic E-state index is -0.679. The number of aryl methyl sites for hydroxylation is 2. The Labute approximate surface area is 160 Å². The number of hydrogen-bond acceptors (Lipinski definition) is 3. The van der Waals surface area contributed by atoms with Crippen molar-refractivity contribution in [3.63, 3.8) is 0 Å². The lowest BCUT2D eigenvalue weighted by atomic mass is 10.1. The number of nitrogens with one attached hydrogen (secondary N) is 1. The SMILES string of the molecule is Cc1ccc(O[C@@H](C)C(=O)Nc2ccccc2C(=O)N2CCCC2)c(C)c1. The molecule has 0 aliphatic carbocycles. The fourth-order valence-corrected chi connectivity index (χ4v) is 3.28. The minimum Gasteiger partial charge on any atom is -0.481 e. The molecule has 27 heavy (non-hydrogen) atoms. The lowest BCUT2D eigenvalue weighted by Crippen LogP contribution is -2.32. The molecule has 1 aliphatic heterocycles. The van der Waals surface area contributed by atoms with Crippen molar-refractivity contribution in [3.05, 3.63) is 59.2 Å². The Morgan fingerprint density at radius 1 is 1.07 bits per heavy atom. The molecule has 0 unspecified atom stereocenters. The average Bonchev–Trinajstić information content (AvgIpc) is 3.18. The molecule has 1 heterocycles. The van der Waals surface area contributed by atoms with Crippen molar-refractivity contribution in [2.45, 2.75) is 39.7 Å². The zero-order valence-corrected chi connectivity index (χ0v) is 16.1. The van der Waals surface area contributed by atoms with Crippen molar-refractivity contribution < 1.29 is 14.3 Å². The van der Waals surface area contributed by atoms with Gasteiger partial charge in [0.25, 0.3) is 11.8 Å². The first kappa shape index (κ1) is 19.0. The molecule has 142 valence electrons. The Morgan fingerprint density at radius 3 is 2.48 bits per heavy atom. The number of nitrogens with zero attached hydrogens (tertiary/aromatic N) is 1. The van der Waals surface area contributed by atoms with Gasteiger partial charge in [0.2, 0.25) is 0 Å². The number of anilines is 1. The third-order valence-corrected chi connectivity index (χ3v) is 4.81. The van der Waals surface area contributed by atoms with Crippen molar-refractivity contribution in [2.24, 2.45) is 0 Å². The lowest BCUT2D eigenvalue weighted by molar-refractivity contribution is -0.122. The van der Waals surface area contributed by atoms with E-state index in [4.69, 9.17) is 4.74 Å². The van der Waals surface area contributed by atoms with Gasteiger partial charge in [-0.05, 0) is 57.4 Å². The number of para-hydroxylation sites is 1. The Morgan fingerprint density at radius 2 is 1.78 bits per heavy atom. The predicted octanol–water partition coefficient (Wildman–Crippen LogP) is 3.95. The molecule has 5 nitrogen and oxygen atoms in total. The van der Waals surface area contributed by atoms with Crippen molar-refractivity contribution in [1.29, 1.82) is 0 Å². The zero-order valence-electron chi connectivity index (χ0n) is 16.1. The van der Waals surface area contributed by atoms with E-state index in [0.29, 0.717) is 17.0 Å². The molecule has 0 bridgehead atoms. The quantitative estimate of drug-likeness (QED) is 0.872. The summed E-state index contributed by atoms with van der Waals surface area (Å²) in [5.74, 6) is 0.368. The first-order valence-electron chi connectivity index (χ1n) is 9.39. The number of ether oxygens (including phenoxy) is 1. The van der Waals surface area contributed by atoms with E-state index < -0.39 is 6.10 Å². The minimum absolute atomic E-state index is 0.0358. The van der Waals surface area contributed by atoms with E-state index in [1.807, 2.05) is 49.1 Å². The molecule has 1 saturated heterocycles. The van der Waals surface area contributed by atoms with E-state index in [1.165, 1.54) is 0 Å². The van der Waals surface area contributed by atoms with Crippen molar-refractivity contribution in [3.8, 4) is 5.75 Å². The Kier molecular flexibility index (Phi) is 5.79. The first-order valence-corrected chi connectivity index (χ1v) is 9.39. The molecule has 1 aliphatic rings. The molecule has 1 fully saturated rings. The van der Waals surface area contributed by atoms with Crippen LogP contribution in [0.25, 0.3) is 0 Å². The monoisotopic (exact) mass is 366 g/mol. The molecule has 2 aromatic carbocycles. The van der Waals surface area contributed by atoms with Gasteiger partial charge >= 0.3 is 0 Å². The first-order chi connectivity index (χ1) is 13.0. The summed E-state index contributed by atoms with van der Waals surface area (Å²) in [6.45, 7) is 7.22. The standard InChI is InChI=1S/C22H26N2O3/c1-15-10-11-20(16(2)14-15)27-17(3)21(25)23-19-9-5-4-8-18(19)22(26)24-12-6-7-13-24/h4-5,8-11,14,17H,6-7,12-13H2,1-3H3,(H,23,25)/t17-/m0/s1. The normalized spacial score (nSPS) is 14.7. The molecular weight excluding hydrogens is 340 g/mol. The van der Waals surface area contributed by atoms with E-state index >= 15 is 0 Å². The molecule has 1 N–H and O–H groups in total. The second-order valence-corrected chi connectivity index (χ2v) is 7.06. The van der Waals surface area contributed by atoms with Crippen LogP contribution in [0.2, 0.25) is 0 Å². The molecule has 3 rings (SSSR count). The number of hydrogen-bond donors (Lipinski definition) is 1. The summed E-state index contributed by atoms with van der Waals surface area (Å²) in [6, 6.07) is 13.0. The average molecular weight is 366 g/mol. The second-order valence-electron chi connectivity index (χ2n) is 7.06. The highest BCUT2D eigenvalue weighted by Gasteiger charge is 2.23. The number of carbonyl (C=O) groups is 2. The number of rotatable bonds is 5. The summed E-state index contributed by atoms with van der Waals surface area (Å²) >= 11 is 0. The summed E-state index contributed by atoms with van der Waals surface area (Å²) in [5.41, 5.74) is 3.17. The van der Waals surface area contributed by atoms with Gasteiger partial charge in [-0.3, -0.25) is 9.59 Å². The van der Waals surface area contributed by atoms with E-state index in [1.54, 1.807) is 19.1 Å².